The average molecular weight is 357 g/mol. The van der Waals surface area contributed by atoms with Crippen molar-refractivity contribution in [3.05, 3.63) is 0 Å². The molecule has 0 aliphatic rings. The summed E-state index contributed by atoms with van der Waals surface area (Å²) in [6.45, 7) is 7.59. The lowest BCUT2D eigenvalue weighted by Gasteiger charge is -2.16. The van der Waals surface area contributed by atoms with E-state index in [-0.39, 0.29) is 0 Å². The zero-order chi connectivity index (χ0) is 18.4. The van der Waals surface area contributed by atoms with Crippen LogP contribution in [0.5, 0.6) is 0 Å². The van der Waals surface area contributed by atoms with Gasteiger partial charge in [-0.1, -0.05) is 117 Å². The van der Waals surface area contributed by atoms with Crippen LogP contribution in [0.15, 0.2) is 0 Å². The number of rotatable bonds is 21. The predicted molar refractivity (Wildman–Crippen MR) is 111 cm³/mol. The fourth-order valence-corrected chi connectivity index (χ4v) is 3.28. The van der Waals surface area contributed by atoms with Crippen molar-refractivity contribution in [2.24, 2.45) is 0 Å². The highest BCUT2D eigenvalue weighted by Crippen LogP contribution is 2.16. The van der Waals surface area contributed by atoms with Crippen molar-refractivity contribution in [1.82, 2.24) is 0 Å². The SMILES string of the molecule is CCCCCCCCCOOC(CCCCC)CCCCCCCC. The summed E-state index contributed by atoms with van der Waals surface area (Å²) < 4.78 is 0. The summed E-state index contributed by atoms with van der Waals surface area (Å²) in [5.41, 5.74) is 0. The van der Waals surface area contributed by atoms with E-state index < -0.39 is 0 Å². The molecule has 0 saturated carbocycles. The van der Waals surface area contributed by atoms with E-state index >= 15 is 0 Å². The molecule has 0 N–H and O–H groups in total. The number of unbranched alkanes of at least 4 members (excludes halogenated alkanes) is 13. The quantitative estimate of drug-likeness (QED) is 0.117. The van der Waals surface area contributed by atoms with Gasteiger partial charge in [-0.25, -0.2) is 9.78 Å². The molecule has 0 aromatic rings. The van der Waals surface area contributed by atoms with E-state index in [2.05, 4.69) is 20.8 Å². The first-order valence-electron chi connectivity index (χ1n) is 11.6. The van der Waals surface area contributed by atoms with Crippen LogP contribution in [0.4, 0.5) is 0 Å². The zero-order valence-electron chi connectivity index (χ0n) is 17.8. The monoisotopic (exact) mass is 356 g/mol. The Morgan fingerprint density at radius 2 is 0.880 bits per heavy atom. The first kappa shape index (κ1) is 24.9. The van der Waals surface area contributed by atoms with Crippen molar-refractivity contribution >= 4 is 0 Å². The van der Waals surface area contributed by atoms with E-state index in [9.17, 15) is 0 Å². The molecule has 2 heteroatoms. The van der Waals surface area contributed by atoms with Gasteiger partial charge in [-0.05, 0) is 19.3 Å². The summed E-state index contributed by atoms with van der Waals surface area (Å²) in [6, 6.07) is 0. The van der Waals surface area contributed by atoms with Crippen LogP contribution in [0, 0.1) is 0 Å². The minimum atomic E-state index is 0.322. The molecule has 0 rings (SSSR count). The maximum Gasteiger partial charge on any atom is 0.0930 e. The minimum Gasteiger partial charge on any atom is -0.236 e. The molecule has 0 radical (unpaired) electrons. The standard InChI is InChI=1S/C23H48O2/c1-4-7-10-12-14-16-19-22-24-25-23(20-17-9-6-3)21-18-15-13-11-8-5-2/h23H,4-22H2,1-3H3. The van der Waals surface area contributed by atoms with E-state index in [1.54, 1.807) is 0 Å². The van der Waals surface area contributed by atoms with Crippen molar-refractivity contribution in [3.63, 3.8) is 0 Å². The Morgan fingerprint density at radius 3 is 1.44 bits per heavy atom. The molecule has 0 aliphatic carbocycles. The maximum atomic E-state index is 5.76. The minimum absolute atomic E-state index is 0.322. The second kappa shape index (κ2) is 22.0. The second-order valence-electron chi connectivity index (χ2n) is 7.71. The lowest BCUT2D eigenvalue weighted by molar-refractivity contribution is -0.327. The van der Waals surface area contributed by atoms with Crippen LogP contribution in [-0.2, 0) is 9.78 Å². The molecular formula is C23H48O2. The zero-order valence-corrected chi connectivity index (χ0v) is 17.8. The van der Waals surface area contributed by atoms with Gasteiger partial charge in [0, 0.05) is 0 Å². The van der Waals surface area contributed by atoms with E-state index in [4.69, 9.17) is 9.78 Å². The molecule has 152 valence electrons. The highest BCUT2D eigenvalue weighted by Gasteiger charge is 2.10. The van der Waals surface area contributed by atoms with Gasteiger partial charge >= 0.3 is 0 Å². The molecule has 2 nitrogen and oxygen atoms in total. The van der Waals surface area contributed by atoms with Crippen molar-refractivity contribution in [3.8, 4) is 0 Å². The lowest BCUT2D eigenvalue weighted by atomic mass is 10.0. The Bertz CT molecular complexity index is 230. The molecule has 0 aromatic heterocycles. The van der Waals surface area contributed by atoms with Crippen molar-refractivity contribution in [2.45, 2.75) is 142 Å². The first-order chi connectivity index (χ1) is 12.3. The summed E-state index contributed by atoms with van der Waals surface area (Å²) in [5, 5.41) is 0. The third kappa shape index (κ3) is 20.1. The summed E-state index contributed by atoms with van der Waals surface area (Å²) in [7, 11) is 0. The van der Waals surface area contributed by atoms with Gasteiger partial charge in [-0.3, -0.25) is 0 Å². The molecule has 1 unspecified atom stereocenters. The fraction of sp³-hybridized carbons (Fsp3) is 1.00. The first-order valence-corrected chi connectivity index (χ1v) is 11.6. The Kier molecular flexibility index (Phi) is 21.9. The van der Waals surface area contributed by atoms with Gasteiger partial charge in [-0.2, -0.15) is 0 Å². The topological polar surface area (TPSA) is 18.5 Å². The van der Waals surface area contributed by atoms with Crippen LogP contribution in [0.1, 0.15) is 136 Å². The average Bonchev–Trinajstić information content (AvgIpc) is 2.62. The summed E-state index contributed by atoms with van der Waals surface area (Å²) in [6.07, 6.45) is 23.9. The molecule has 0 amide bonds. The van der Waals surface area contributed by atoms with Crippen LogP contribution in [-0.4, -0.2) is 12.7 Å². The van der Waals surface area contributed by atoms with Crippen molar-refractivity contribution < 1.29 is 9.78 Å². The van der Waals surface area contributed by atoms with E-state index in [0.717, 1.165) is 13.0 Å². The second-order valence-corrected chi connectivity index (χ2v) is 7.71. The summed E-state index contributed by atoms with van der Waals surface area (Å²) in [5.74, 6) is 0. The maximum absolute atomic E-state index is 5.76. The van der Waals surface area contributed by atoms with Crippen LogP contribution in [0.2, 0.25) is 0 Å². The fourth-order valence-electron chi connectivity index (χ4n) is 3.28. The summed E-state index contributed by atoms with van der Waals surface area (Å²) in [4.78, 5) is 11.3. The van der Waals surface area contributed by atoms with Crippen LogP contribution < -0.4 is 0 Å². The van der Waals surface area contributed by atoms with E-state index in [1.807, 2.05) is 0 Å². The Hall–Kier alpha value is -0.0800. The van der Waals surface area contributed by atoms with Crippen molar-refractivity contribution in [2.75, 3.05) is 6.61 Å². The van der Waals surface area contributed by atoms with Gasteiger partial charge < -0.3 is 0 Å². The van der Waals surface area contributed by atoms with E-state index in [0.29, 0.717) is 6.10 Å². The lowest BCUT2D eigenvalue weighted by Crippen LogP contribution is -2.14. The van der Waals surface area contributed by atoms with Gasteiger partial charge in [-0.15, -0.1) is 0 Å². The van der Waals surface area contributed by atoms with Gasteiger partial charge in [0.1, 0.15) is 0 Å². The predicted octanol–water partition coefficient (Wildman–Crippen LogP) is 8.38. The molecule has 0 saturated heterocycles. The highest BCUT2D eigenvalue weighted by molar-refractivity contribution is 4.58. The van der Waals surface area contributed by atoms with Gasteiger partial charge in [0.05, 0.1) is 12.7 Å². The van der Waals surface area contributed by atoms with Gasteiger partial charge in [0.2, 0.25) is 0 Å². The molecule has 0 aromatic carbocycles. The Balaban J connectivity index is 3.61. The molecule has 1 atom stereocenters. The highest BCUT2D eigenvalue weighted by atomic mass is 17.2. The van der Waals surface area contributed by atoms with Gasteiger partial charge in [0.25, 0.3) is 0 Å². The number of hydrogen-bond acceptors (Lipinski definition) is 2. The van der Waals surface area contributed by atoms with Crippen LogP contribution in [0.25, 0.3) is 0 Å². The molecule has 25 heavy (non-hydrogen) atoms. The molecule has 0 spiro atoms. The smallest absolute Gasteiger partial charge is 0.0930 e. The van der Waals surface area contributed by atoms with Crippen LogP contribution >= 0.6 is 0 Å². The molecule has 0 fully saturated rings. The normalized spacial score (nSPS) is 12.6. The van der Waals surface area contributed by atoms with Crippen molar-refractivity contribution in [1.29, 1.82) is 0 Å². The Morgan fingerprint density at radius 1 is 0.480 bits per heavy atom. The molecule has 0 heterocycles. The third-order valence-corrected chi connectivity index (χ3v) is 5.04. The largest absolute Gasteiger partial charge is 0.236 e. The van der Waals surface area contributed by atoms with E-state index in [1.165, 1.54) is 109 Å². The Labute approximate surface area is 159 Å². The molecule has 0 bridgehead atoms. The number of hydrogen-bond donors (Lipinski definition) is 0. The van der Waals surface area contributed by atoms with Gasteiger partial charge in [0.15, 0.2) is 0 Å². The third-order valence-electron chi connectivity index (χ3n) is 5.04. The summed E-state index contributed by atoms with van der Waals surface area (Å²) >= 11 is 0. The molecule has 0 aliphatic heterocycles. The molecular weight excluding hydrogens is 308 g/mol. The van der Waals surface area contributed by atoms with Crippen LogP contribution in [0.3, 0.4) is 0 Å².